The molecule has 76 valence electrons. The third-order valence-electron chi connectivity index (χ3n) is 2.10. The van der Waals surface area contributed by atoms with E-state index in [0.29, 0.717) is 0 Å². The Bertz CT molecular complexity index is 152. The van der Waals surface area contributed by atoms with Gasteiger partial charge in [0.05, 0.1) is 0 Å². The molecule has 1 heteroatoms. The summed E-state index contributed by atoms with van der Waals surface area (Å²) in [6, 6.07) is 0. The van der Waals surface area contributed by atoms with Crippen LogP contribution in [0.5, 0.6) is 0 Å². The van der Waals surface area contributed by atoms with Crippen molar-refractivity contribution in [2.45, 2.75) is 46.5 Å². The Labute approximate surface area is 83.3 Å². The molecule has 0 saturated carbocycles. The van der Waals surface area contributed by atoms with Crippen LogP contribution in [0.1, 0.15) is 46.5 Å². The number of nitrogens with one attached hydrogen (secondary N) is 1. The summed E-state index contributed by atoms with van der Waals surface area (Å²) in [6.07, 6.45) is 4.84. The predicted octanol–water partition coefficient (Wildman–Crippen LogP) is 2.82. The Hall–Kier alpha value is -0.480. The van der Waals surface area contributed by atoms with E-state index in [4.69, 9.17) is 0 Å². The molecule has 1 unspecified atom stereocenters. The zero-order chi connectivity index (χ0) is 9.94. The second-order valence-corrected chi connectivity index (χ2v) is 3.63. The van der Waals surface area contributed by atoms with Crippen molar-refractivity contribution in [3.05, 3.63) is 0 Å². The molecule has 0 aromatic rings. The maximum atomic E-state index is 3.44. The molecule has 0 aliphatic heterocycles. The number of rotatable bonds is 7. The van der Waals surface area contributed by atoms with Gasteiger partial charge in [0.2, 0.25) is 0 Å². The van der Waals surface area contributed by atoms with Crippen LogP contribution in [0.2, 0.25) is 0 Å². The monoisotopic (exact) mass is 181 g/mol. The first-order valence-corrected chi connectivity index (χ1v) is 5.41. The van der Waals surface area contributed by atoms with Crippen LogP contribution in [-0.4, -0.2) is 13.1 Å². The van der Waals surface area contributed by atoms with E-state index >= 15 is 0 Å². The molecule has 0 amide bonds. The van der Waals surface area contributed by atoms with Crippen molar-refractivity contribution in [1.82, 2.24) is 5.32 Å². The molecule has 0 bridgehead atoms. The lowest BCUT2D eigenvalue weighted by Crippen LogP contribution is -2.21. The summed E-state index contributed by atoms with van der Waals surface area (Å²) >= 11 is 0. The molecule has 0 aliphatic carbocycles. The van der Waals surface area contributed by atoms with Gasteiger partial charge in [-0.1, -0.05) is 13.8 Å². The Kier molecular flexibility index (Phi) is 9.25. The van der Waals surface area contributed by atoms with E-state index < -0.39 is 0 Å². The van der Waals surface area contributed by atoms with Gasteiger partial charge >= 0.3 is 0 Å². The van der Waals surface area contributed by atoms with E-state index in [0.717, 1.165) is 25.4 Å². The van der Waals surface area contributed by atoms with Crippen molar-refractivity contribution in [3.63, 3.8) is 0 Å². The lowest BCUT2D eigenvalue weighted by Gasteiger charge is -2.10. The van der Waals surface area contributed by atoms with E-state index in [2.05, 4.69) is 31.0 Å². The Morgan fingerprint density at radius 3 is 2.77 bits per heavy atom. The highest BCUT2D eigenvalue weighted by molar-refractivity contribution is 4.94. The van der Waals surface area contributed by atoms with Gasteiger partial charge < -0.3 is 5.32 Å². The van der Waals surface area contributed by atoms with Gasteiger partial charge in [-0.25, -0.2) is 0 Å². The molecule has 1 atom stereocenters. The van der Waals surface area contributed by atoms with Gasteiger partial charge in [-0.3, -0.25) is 0 Å². The molecule has 0 aromatic carbocycles. The van der Waals surface area contributed by atoms with Gasteiger partial charge in [0.25, 0.3) is 0 Å². The third kappa shape index (κ3) is 9.43. The molecule has 1 N–H and O–H groups in total. The summed E-state index contributed by atoms with van der Waals surface area (Å²) in [5.41, 5.74) is 0. The van der Waals surface area contributed by atoms with Gasteiger partial charge in [0.1, 0.15) is 0 Å². The highest BCUT2D eigenvalue weighted by Crippen LogP contribution is 2.05. The van der Waals surface area contributed by atoms with Crippen LogP contribution in [0.3, 0.4) is 0 Å². The minimum Gasteiger partial charge on any atom is -0.316 e. The van der Waals surface area contributed by atoms with Crippen LogP contribution in [0.25, 0.3) is 0 Å². The maximum Gasteiger partial charge on any atom is 0.00886 e. The highest BCUT2D eigenvalue weighted by atomic mass is 14.8. The molecular formula is C12H23N. The Morgan fingerprint density at radius 2 is 2.15 bits per heavy atom. The maximum absolute atomic E-state index is 3.44. The number of hydrogen-bond acceptors (Lipinski definition) is 1. The fraction of sp³-hybridized carbons (Fsp3) is 0.833. The Balaban J connectivity index is 3.17. The first kappa shape index (κ1) is 12.5. The van der Waals surface area contributed by atoms with Gasteiger partial charge in [0.15, 0.2) is 0 Å². The van der Waals surface area contributed by atoms with Crippen LogP contribution < -0.4 is 5.32 Å². The van der Waals surface area contributed by atoms with Gasteiger partial charge in [-0.05, 0) is 45.2 Å². The highest BCUT2D eigenvalue weighted by Gasteiger charge is 1.99. The van der Waals surface area contributed by atoms with E-state index in [-0.39, 0.29) is 0 Å². The third-order valence-corrected chi connectivity index (χ3v) is 2.10. The quantitative estimate of drug-likeness (QED) is 0.470. The summed E-state index contributed by atoms with van der Waals surface area (Å²) in [7, 11) is 0. The smallest absolute Gasteiger partial charge is 0.00886 e. The summed E-state index contributed by atoms with van der Waals surface area (Å²) in [4.78, 5) is 0. The lowest BCUT2D eigenvalue weighted by molar-refractivity contribution is 0.470. The number of unbranched alkanes of at least 4 members (excludes halogenated alkanes) is 1. The standard InChI is InChI=1S/C12H23N/c1-4-6-7-8-9-12(3)11-13-10-5-2/h12-13H,5,7-11H2,1-3H3. The normalized spacial score (nSPS) is 11.9. The molecule has 0 rings (SSSR count). The zero-order valence-electron chi connectivity index (χ0n) is 9.32. The fourth-order valence-corrected chi connectivity index (χ4v) is 1.29. The van der Waals surface area contributed by atoms with Crippen molar-refractivity contribution in [3.8, 4) is 11.8 Å². The molecular weight excluding hydrogens is 158 g/mol. The minimum atomic E-state index is 0.796. The van der Waals surface area contributed by atoms with Gasteiger partial charge in [0, 0.05) is 6.42 Å². The van der Waals surface area contributed by atoms with E-state index in [1.54, 1.807) is 0 Å². The van der Waals surface area contributed by atoms with Crippen molar-refractivity contribution in [1.29, 1.82) is 0 Å². The lowest BCUT2D eigenvalue weighted by atomic mass is 10.0. The fourth-order valence-electron chi connectivity index (χ4n) is 1.29. The molecule has 0 radical (unpaired) electrons. The molecule has 0 spiro atoms. The summed E-state index contributed by atoms with van der Waals surface area (Å²) in [6.45, 7) is 8.73. The van der Waals surface area contributed by atoms with Crippen LogP contribution in [0.15, 0.2) is 0 Å². The topological polar surface area (TPSA) is 12.0 Å². The largest absolute Gasteiger partial charge is 0.316 e. The first-order valence-electron chi connectivity index (χ1n) is 5.41. The van der Waals surface area contributed by atoms with Crippen molar-refractivity contribution in [2.75, 3.05) is 13.1 Å². The SMILES string of the molecule is CC#CCCCC(C)CNCCC. The van der Waals surface area contributed by atoms with Crippen LogP contribution in [0.4, 0.5) is 0 Å². The minimum absolute atomic E-state index is 0.796. The molecule has 0 heterocycles. The van der Waals surface area contributed by atoms with Crippen molar-refractivity contribution < 1.29 is 0 Å². The first-order chi connectivity index (χ1) is 6.31. The van der Waals surface area contributed by atoms with Crippen LogP contribution >= 0.6 is 0 Å². The van der Waals surface area contributed by atoms with Gasteiger partial charge in [-0.2, -0.15) is 0 Å². The average Bonchev–Trinajstić information content (AvgIpc) is 2.13. The average molecular weight is 181 g/mol. The zero-order valence-corrected chi connectivity index (χ0v) is 9.32. The van der Waals surface area contributed by atoms with Crippen LogP contribution in [0, 0.1) is 17.8 Å². The van der Waals surface area contributed by atoms with E-state index in [1.807, 2.05) is 6.92 Å². The summed E-state index contributed by atoms with van der Waals surface area (Å²) in [5, 5.41) is 3.44. The van der Waals surface area contributed by atoms with Crippen LogP contribution in [-0.2, 0) is 0 Å². The van der Waals surface area contributed by atoms with Gasteiger partial charge in [-0.15, -0.1) is 11.8 Å². The summed E-state index contributed by atoms with van der Waals surface area (Å²) < 4.78 is 0. The number of hydrogen-bond donors (Lipinski definition) is 1. The second-order valence-electron chi connectivity index (χ2n) is 3.63. The van der Waals surface area contributed by atoms with Crippen molar-refractivity contribution in [2.24, 2.45) is 5.92 Å². The Morgan fingerprint density at radius 1 is 1.38 bits per heavy atom. The molecule has 0 saturated heterocycles. The summed E-state index contributed by atoms with van der Waals surface area (Å²) in [5.74, 6) is 6.83. The van der Waals surface area contributed by atoms with Crippen molar-refractivity contribution >= 4 is 0 Å². The molecule has 1 nitrogen and oxygen atoms in total. The predicted molar refractivity (Wildman–Crippen MR) is 59.6 cm³/mol. The molecule has 13 heavy (non-hydrogen) atoms. The molecule has 0 aliphatic rings. The molecule has 0 fully saturated rings. The van der Waals surface area contributed by atoms with E-state index in [1.165, 1.54) is 19.3 Å². The second kappa shape index (κ2) is 9.61. The molecule has 0 aromatic heterocycles. The van der Waals surface area contributed by atoms with E-state index in [9.17, 15) is 0 Å².